The fourth-order valence-corrected chi connectivity index (χ4v) is 5.24. The minimum absolute atomic E-state index is 0.0301. The Bertz CT molecular complexity index is 1170. The summed E-state index contributed by atoms with van der Waals surface area (Å²) in [5, 5.41) is 23.1. The van der Waals surface area contributed by atoms with E-state index in [0.29, 0.717) is 16.2 Å². The Hall–Kier alpha value is -2.98. The number of nitrogens with one attached hydrogen (secondary N) is 1. The van der Waals surface area contributed by atoms with Crippen LogP contribution < -0.4 is 15.1 Å². The van der Waals surface area contributed by atoms with E-state index in [1.54, 1.807) is 28.8 Å². The van der Waals surface area contributed by atoms with Gasteiger partial charge in [-0.1, -0.05) is 41.7 Å². The molecule has 9 heteroatoms. The van der Waals surface area contributed by atoms with Gasteiger partial charge in [-0.05, 0) is 42.3 Å². The first-order chi connectivity index (χ1) is 14.4. The molecule has 1 aromatic heterocycles. The number of hydrogen-bond donors (Lipinski definition) is 3. The van der Waals surface area contributed by atoms with Crippen LogP contribution in [0.1, 0.15) is 21.6 Å². The Kier molecular flexibility index (Phi) is 5.69. The van der Waals surface area contributed by atoms with Crippen LogP contribution in [-0.2, 0) is 11.2 Å². The van der Waals surface area contributed by atoms with E-state index in [-0.39, 0.29) is 29.1 Å². The predicted octanol–water partition coefficient (Wildman–Crippen LogP) is 3.90. The SMILES string of the molecule is Cc1ccccc1NC(=O)Cc1csc2[n+]1C(=O)C(=Cc1cccc(N(O)O)c1)S2. The fourth-order valence-electron chi connectivity index (χ4n) is 3.05. The summed E-state index contributed by atoms with van der Waals surface area (Å²) in [4.78, 5) is 25.9. The molecule has 0 unspecified atom stereocenters. The van der Waals surface area contributed by atoms with E-state index in [9.17, 15) is 9.59 Å². The van der Waals surface area contributed by atoms with Crippen molar-refractivity contribution in [3.63, 3.8) is 0 Å². The first kappa shape index (κ1) is 20.3. The van der Waals surface area contributed by atoms with E-state index in [1.165, 1.54) is 29.2 Å². The maximum atomic E-state index is 12.9. The standard InChI is InChI=1S/C21H17N3O4S2/c1-13-5-2-3-8-17(13)22-19(25)11-16-12-29-21-23(16)20(26)18(30-21)10-14-6-4-7-15(9-14)24(27)28/h2-10,12,27-28H,11H2,1H3/p+1. The van der Waals surface area contributed by atoms with Crippen LogP contribution in [0.25, 0.3) is 6.08 Å². The molecule has 0 aliphatic carbocycles. The number of benzene rings is 2. The van der Waals surface area contributed by atoms with Gasteiger partial charge in [0.2, 0.25) is 11.6 Å². The quantitative estimate of drug-likeness (QED) is 0.317. The largest absolute Gasteiger partial charge is 0.433 e. The lowest BCUT2D eigenvalue weighted by Gasteiger charge is -2.07. The molecule has 3 aromatic rings. The van der Waals surface area contributed by atoms with E-state index in [0.717, 1.165) is 15.6 Å². The molecule has 0 saturated carbocycles. The van der Waals surface area contributed by atoms with Gasteiger partial charge in [0.05, 0.1) is 11.1 Å². The molecule has 1 aliphatic rings. The van der Waals surface area contributed by atoms with E-state index in [4.69, 9.17) is 10.4 Å². The third-order valence-electron chi connectivity index (χ3n) is 4.54. The molecule has 0 spiro atoms. The van der Waals surface area contributed by atoms with E-state index in [1.807, 2.05) is 36.6 Å². The highest BCUT2D eigenvalue weighted by Crippen LogP contribution is 2.36. The molecule has 0 bridgehead atoms. The Balaban J connectivity index is 1.52. The molecule has 4 rings (SSSR count). The monoisotopic (exact) mass is 440 g/mol. The molecule has 2 aromatic carbocycles. The first-order valence-electron chi connectivity index (χ1n) is 9.02. The maximum absolute atomic E-state index is 12.9. The van der Waals surface area contributed by atoms with E-state index >= 15 is 0 Å². The summed E-state index contributed by atoms with van der Waals surface area (Å²) >= 11 is 2.74. The van der Waals surface area contributed by atoms with Crippen LogP contribution in [0.4, 0.5) is 11.4 Å². The molecule has 0 atom stereocenters. The smallest absolute Gasteiger partial charge is 0.325 e. The van der Waals surface area contributed by atoms with Gasteiger partial charge in [-0.25, -0.2) is 4.79 Å². The third-order valence-corrected chi connectivity index (χ3v) is 6.72. The van der Waals surface area contributed by atoms with Gasteiger partial charge in [-0.3, -0.25) is 15.2 Å². The zero-order chi connectivity index (χ0) is 21.3. The van der Waals surface area contributed by atoms with Gasteiger partial charge >= 0.3 is 10.2 Å². The molecule has 2 heterocycles. The highest BCUT2D eigenvalue weighted by Gasteiger charge is 2.40. The van der Waals surface area contributed by atoms with Crippen LogP contribution >= 0.6 is 23.1 Å². The number of thioether (sulfide) groups is 1. The molecule has 0 fully saturated rings. The number of fused-ring (bicyclic) bond motifs is 1. The van der Waals surface area contributed by atoms with Crippen molar-refractivity contribution < 1.29 is 24.6 Å². The Morgan fingerprint density at radius 1 is 1.20 bits per heavy atom. The molecular formula is C21H18N3O4S2+. The predicted molar refractivity (Wildman–Crippen MR) is 115 cm³/mol. The van der Waals surface area contributed by atoms with Crippen LogP contribution in [-0.4, -0.2) is 22.2 Å². The highest BCUT2D eigenvalue weighted by molar-refractivity contribution is 8.05. The zero-order valence-electron chi connectivity index (χ0n) is 15.9. The number of carbonyl (C=O) groups excluding carboxylic acids is 2. The first-order valence-corrected chi connectivity index (χ1v) is 10.7. The number of rotatable bonds is 5. The number of thiazole rings is 1. The van der Waals surface area contributed by atoms with Gasteiger partial charge in [0.1, 0.15) is 11.3 Å². The second kappa shape index (κ2) is 8.41. The fraction of sp³-hybridized carbons (Fsp3) is 0.0952. The van der Waals surface area contributed by atoms with Crippen molar-refractivity contribution in [2.45, 2.75) is 17.7 Å². The molecule has 0 radical (unpaired) electrons. The number of nitrogens with zero attached hydrogens (tertiary/aromatic N) is 2. The summed E-state index contributed by atoms with van der Waals surface area (Å²) in [5.41, 5.74) is 3.20. The van der Waals surface area contributed by atoms with Crippen molar-refractivity contribution in [2.75, 3.05) is 10.5 Å². The second-order valence-corrected chi connectivity index (χ2v) is 8.82. The van der Waals surface area contributed by atoms with Crippen molar-refractivity contribution in [2.24, 2.45) is 0 Å². The Morgan fingerprint density at radius 2 is 2.00 bits per heavy atom. The normalized spacial score (nSPS) is 14.1. The highest BCUT2D eigenvalue weighted by atomic mass is 32.2. The number of anilines is 2. The minimum atomic E-state index is -0.204. The summed E-state index contributed by atoms with van der Waals surface area (Å²) in [5.74, 6) is -0.392. The van der Waals surface area contributed by atoms with Gasteiger partial charge in [-0.2, -0.15) is 0 Å². The van der Waals surface area contributed by atoms with Crippen LogP contribution in [0.3, 0.4) is 0 Å². The Labute approximate surface area is 180 Å². The molecule has 7 nitrogen and oxygen atoms in total. The molecule has 0 saturated heterocycles. The van der Waals surface area contributed by atoms with Crippen LogP contribution in [0, 0.1) is 6.92 Å². The van der Waals surface area contributed by atoms with Crippen molar-refractivity contribution in [3.8, 4) is 0 Å². The van der Waals surface area contributed by atoms with Gasteiger partial charge in [-0.15, -0.1) is 9.79 Å². The van der Waals surface area contributed by atoms with Gasteiger partial charge in [0.15, 0.2) is 0 Å². The zero-order valence-corrected chi connectivity index (χ0v) is 17.5. The van der Waals surface area contributed by atoms with Crippen molar-refractivity contribution in [3.05, 3.63) is 75.6 Å². The number of para-hydroxylation sites is 1. The maximum Gasteiger partial charge on any atom is 0.433 e. The van der Waals surface area contributed by atoms with Gasteiger partial charge in [0.25, 0.3) is 0 Å². The van der Waals surface area contributed by atoms with Crippen molar-refractivity contribution >= 4 is 52.4 Å². The van der Waals surface area contributed by atoms with Crippen molar-refractivity contribution in [1.82, 2.24) is 0 Å². The van der Waals surface area contributed by atoms with E-state index < -0.39 is 0 Å². The molecule has 1 aliphatic heterocycles. The molecule has 152 valence electrons. The van der Waals surface area contributed by atoms with Gasteiger partial charge < -0.3 is 5.32 Å². The summed E-state index contributed by atoms with van der Waals surface area (Å²) in [6.07, 6.45) is 1.78. The number of hydrogen-bond acceptors (Lipinski definition) is 7. The number of aromatic nitrogens is 1. The average molecular weight is 441 g/mol. The van der Waals surface area contributed by atoms with Crippen LogP contribution in [0.5, 0.6) is 0 Å². The number of carbonyl (C=O) groups is 2. The summed E-state index contributed by atoms with van der Waals surface area (Å²) in [6.45, 7) is 1.92. The lowest BCUT2D eigenvalue weighted by molar-refractivity contribution is -0.607. The number of allylic oxidation sites excluding steroid dienone is 1. The average Bonchev–Trinajstić information content (AvgIpc) is 3.24. The minimum Gasteiger partial charge on any atom is -0.325 e. The molecule has 1 amide bonds. The molecular weight excluding hydrogens is 422 g/mol. The summed E-state index contributed by atoms with van der Waals surface area (Å²) < 4.78 is 2.35. The topological polar surface area (TPSA) is 93.8 Å². The Morgan fingerprint density at radius 3 is 2.77 bits per heavy atom. The van der Waals surface area contributed by atoms with E-state index in [2.05, 4.69) is 5.32 Å². The summed E-state index contributed by atoms with van der Waals surface area (Å²) in [7, 11) is 0. The molecule has 3 N–H and O–H groups in total. The number of aryl methyl sites for hydroxylation is 1. The molecule has 30 heavy (non-hydrogen) atoms. The second-order valence-electron chi connectivity index (χ2n) is 6.67. The number of amides is 1. The van der Waals surface area contributed by atoms with Crippen molar-refractivity contribution in [1.29, 1.82) is 0 Å². The van der Waals surface area contributed by atoms with Gasteiger partial charge in [0, 0.05) is 17.4 Å². The van der Waals surface area contributed by atoms with Crippen LogP contribution in [0.2, 0.25) is 0 Å². The summed E-state index contributed by atoms with van der Waals surface area (Å²) in [6, 6.07) is 14.0. The lowest BCUT2D eigenvalue weighted by Crippen LogP contribution is -2.43. The lowest BCUT2D eigenvalue weighted by atomic mass is 10.2. The van der Waals surface area contributed by atoms with Crippen LogP contribution in [0.15, 0.2) is 63.2 Å². The third kappa shape index (κ3) is 4.14.